The number of benzene rings is 1. The number of esters is 1. The fourth-order valence-corrected chi connectivity index (χ4v) is 2.55. The summed E-state index contributed by atoms with van der Waals surface area (Å²) >= 11 is 0. The van der Waals surface area contributed by atoms with E-state index in [9.17, 15) is 14.4 Å². The van der Waals surface area contributed by atoms with Gasteiger partial charge in [-0.2, -0.15) is 5.48 Å². The number of hydrogen-bond acceptors (Lipinski definition) is 6. The second kappa shape index (κ2) is 11.6. The van der Waals surface area contributed by atoms with Crippen molar-refractivity contribution in [2.75, 3.05) is 13.1 Å². The molecule has 1 rings (SSSR count). The van der Waals surface area contributed by atoms with Gasteiger partial charge in [-0.1, -0.05) is 44.2 Å². The minimum absolute atomic E-state index is 0.0560. The Bertz CT molecular complexity index is 638. The quantitative estimate of drug-likeness (QED) is 0.260. The number of Topliss-reactive ketones (excluding diaryl/α,β-unsaturated/α-hetero) is 1. The minimum atomic E-state index is -0.813. The molecule has 0 aliphatic rings. The van der Waals surface area contributed by atoms with Crippen molar-refractivity contribution in [1.29, 1.82) is 0 Å². The Kier molecular flexibility index (Phi) is 9.82. The highest BCUT2D eigenvalue weighted by molar-refractivity contribution is 6.02. The number of hydroxylamine groups is 1. The monoisotopic (exact) mass is 392 g/mol. The molecule has 1 aromatic rings. The van der Waals surface area contributed by atoms with Crippen LogP contribution in [-0.4, -0.2) is 36.4 Å². The van der Waals surface area contributed by atoms with Crippen molar-refractivity contribution in [3.05, 3.63) is 35.9 Å². The van der Waals surface area contributed by atoms with E-state index < -0.39 is 23.4 Å². The number of carbonyl (C=O) groups is 3. The maximum Gasteiger partial charge on any atom is 0.308 e. The number of ether oxygens (including phenoxy) is 1. The largest absolute Gasteiger partial charge is 0.460 e. The van der Waals surface area contributed by atoms with E-state index >= 15 is 0 Å². The summed E-state index contributed by atoms with van der Waals surface area (Å²) in [5.74, 6) is -2.04. The highest BCUT2D eigenvalue weighted by Crippen LogP contribution is 2.13. The normalized spacial score (nSPS) is 12.5. The van der Waals surface area contributed by atoms with Gasteiger partial charge in [0.1, 0.15) is 11.5 Å². The van der Waals surface area contributed by atoms with Gasteiger partial charge in [-0.05, 0) is 32.3 Å². The van der Waals surface area contributed by atoms with E-state index in [1.54, 1.807) is 34.6 Å². The molecule has 0 saturated carbocycles. The molecule has 0 fully saturated rings. The summed E-state index contributed by atoms with van der Waals surface area (Å²) in [6.07, 6.45) is 0.0560. The lowest BCUT2D eigenvalue weighted by atomic mass is 9.90. The van der Waals surface area contributed by atoms with Crippen LogP contribution in [0.4, 0.5) is 0 Å². The Hall–Kier alpha value is -2.25. The summed E-state index contributed by atoms with van der Waals surface area (Å²) in [5.41, 5.74) is 3.03. The topological polar surface area (TPSA) is 93.7 Å². The first-order valence-corrected chi connectivity index (χ1v) is 9.51. The third-order valence-corrected chi connectivity index (χ3v) is 3.77. The zero-order chi connectivity index (χ0) is 21.2. The van der Waals surface area contributed by atoms with Gasteiger partial charge in [0.25, 0.3) is 0 Å². The first-order valence-electron chi connectivity index (χ1n) is 9.51. The lowest BCUT2D eigenvalue weighted by Gasteiger charge is -2.21. The second-order valence-electron chi connectivity index (χ2n) is 7.91. The van der Waals surface area contributed by atoms with Crippen LogP contribution >= 0.6 is 0 Å². The third kappa shape index (κ3) is 9.62. The van der Waals surface area contributed by atoms with Gasteiger partial charge in [0.2, 0.25) is 5.91 Å². The Morgan fingerprint density at radius 2 is 1.71 bits per heavy atom. The molecule has 0 aliphatic carbocycles. The molecule has 0 bridgehead atoms. The molecule has 0 saturated heterocycles. The molecule has 0 heterocycles. The van der Waals surface area contributed by atoms with Crippen LogP contribution in [0.1, 0.15) is 46.6 Å². The van der Waals surface area contributed by atoms with Crippen LogP contribution in [0.5, 0.6) is 0 Å². The fraction of sp³-hybridized carbons (Fsp3) is 0.571. The summed E-state index contributed by atoms with van der Waals surface area (Å²) < 4.78 is 5.19. The van der Waals surface area contributed by atoms with Crippen LogP contribution < -0.4 is 10.8 Å². The van der Waals surface area contributed by atoms with Crippen molar-refractivity contribution in [2.24, 2.45) is 11.8 Å². The molecule has 0 spiro atoms. The van der Waals surface area contributed by atoms with Crippen molar-refractivity contribution in [3.8, 4) is 0 Å². The van der Waals surface area contributed by atoms with Crippen molar-refractivity contribution < 1.29 is 24.0 Å². The van der Waals surface area contributed by atoms with E-state index in [4.69, 9.17) is 9.57 Å². The molecular weight excluding hydrogens is 360 g/mol. The third-order valence-electron chi connectivity index (χ3n) is 3.77. The van der Waals surface area contributed by atoms with Crippen molar-refractivity contribution in [1.82, 2.24) is 10.8 Å². The Labute approximate surface area is 167 Å². The van der Waals surface area contributed by atoms with E-state index in [1.165, 1.54) is 0 Å². The van der Waals surface area contributed by atoms with E-state index in [0.29, 0.717) is 6.61 Å². The van der Waals surface area contributed by atoms with Crippen molar-refractivity contribution in [3.63, 3.8) is 0 Å². The van der Waals surface area contributed by atoms with Crippen LogP contribution in [0.25, 0.3) is 0 Å². The van der Waals surface area contributed by atoms with E-state index in [1.807, 2.05) is 30.3 Å². The number of ketones is 1. The highest BCUT2D eigenvalue weighted by atomic mass is 16.6. The summed E-state index contributed by atoms with van der Waals surface area (Å²) in [6, 6.07) is 9.55. The zero-order valence-electron chi connectivity index (χ0n) is 17.4. The molecule has 0 radical (unpaired) electrons. The molecule has 0 aliphatic heterocycles. The van der Waals surface area contributed by atoms with Gasteiger partial charge in [-0.25, -0.2) is 0 Å². The van der Waals surface area contributed by atoms with Gasteiger partial charge in [0, 0.05) is 6.54 Å². The minimum Gasteiger partial charge on any atom is -0.460 e. The molecule has 156 valence electrons. The molecule has 0 aromatic heterocycles. The maximum atomic E-state index is 12.4. The Morgan fingerprint density at radius 3 is 2.29 bits per heavy atom. The zero-order valence-corrected chi connectivity index (χ0v) is 17.4. The van der Waals surface area contributed by atoms with Gasteiger partial charge in [-0.3, -0.25) is 19.2 Å². The van der Waals surface area contributed by atoms with Gasteiger partial charge in [0.15, 0.2) is 5.78 Å². The van der Waals surface area contributed by atoms with Gasteiger partial charge >= 0.3 is 5.97 Å². The van der Waals surface area contributed by atoms with Crippen LogP contribution in [0.2, 0.25) is 0 Å². The summed E-state index contributed by atoms with van der Waals surface area (Å²) in [7, 11) is 0. The SMILES string of the molecule is CC(C)C(C(=O)CNOCc1ccccc1)C(=O)NCCC(=O)OC(C)(C)C. The van der Waals surface area contributed by atoms with Crippen LogP contribution in [0, 0.1) is 11.8 Å². The lowest BCUT2D eigenvalue weighted by Crippen LogP contribution is -2.42. The van der Waals surface area contributed by atoms with Crippen molar-refractivity contribution >= 4 is 17.7 Å². The molecule has 1 unspecified atom stereocenters. The van der Waals surface area contributed by atoms with E-state index in [-0.39, 0.29) is 31.2 Å². The second-order valence-corrected chi connectivity index (χ2v) is 7.91. The number of carbonyl (C=O) groups excluding carboxylic acids is 3. The molecule has 2 N–H and O–H groups in total. The molecule has 28 heavy (non-hydrogen) atoms. The van der Waals surface area contributed by atoms with Gasteiger partial charge < -0.3 is 10.1 Å². The Morgan fingerprint density at radius 1 is 1.07 bits per heavy atom. The molecule has 1 atom stereocenters. The number of amides is 1. The lowest BCUT2D eigenvalue weighted by molar-refractivity contribution is -0.154. The van der Waals surface area contributed by atoms with Crippen LogP contribution in [0.3, 0.4) is 0 Å². The number of rotatable bonds is 11. The average molecular weight is 392 g/mol. The maximum absolute atomic E-state index is 12.4. The van der Waals surface area contributed by atoms with Crippen LogP contribution in [0.15, 0.2) is 30.3 Å². The standard InChI is InChI=1S/C21H32N2O5/c1-15(2)19(20(26)22-12-11-18(25)28-21(3,4)5)17(24)13-23-27-14-16-9-7-6-8-10-16/h6-10,15,19,23H,11-14H2,1-5H3,(H,22,26). The molecular formula is C21H32N2O5. The Balaban J connectivity index is 2.39. The number of hydrogen-bond donors (Lipinski definition) is 2. The number of nitrogens with one attached hydrogen (secondary N) is 2. The predicted molar refractivity (Wildman–Crippen MR) is 106 cm³/mol. The fourth-order valence-electron chi connectivity index (χ4n) is 2.55. The van der Waals surface area contributed by atoms with Gasteiger partial charge in [-0.15, -0.1) is 0 Å². The molecule has 1 amide bonds. The predicted octanol–water partition coefficient (Wildman–Crippen LogP) is 2.40. The first kappa shape index (κ1) is 23.8. The molecule has 1 aromatic carbocycles. The summed E-state index contributed by atoms with van der Waals surface area (Å²) in [5, 5.41) is 2.65. The summed E-state index contributed by atoms with van der Waals surface area (Å²) in [6.45, 7) is 9.33. The van der Waals surface area contributed by atoms with Crippen molar-refractivity contribution in [2.45, 2.75) is 53.2 Å². The van der Waals surface area contributed by atoms with E-state index in [2.05, 4.69) is 10.8 Å². The first-order chi connectivity index (χ1) is 13.1. The average Bonchev–Trinajstić information content (AvgIpc) is 2.58. The van der Waals surface area contributed by atoms with Gasteiger partial charge in [0.05, 0.1) is 19.6 Å². The van der Waals surface area contributed by atoms with E-state index in [0.717, 1.165) is 5.56 Å². The molecule has 7 nitrogen and oxygen atoms in total. The smallest absolute Gasteiger partial charge is 0.308 e. The van der Waals surface area contributed by atoms with Crippen LogP contribution in [-0.2, 0) is 30.6 Å². The highest BCUT2D eigenvalue weighted by Gasteiger charge is 2.29. The summed E-state index contributed by atoms with van der Waals surface area (Å²) in [4.78, 5) is 41.8. The molecule has 7 heteroatoms.